The van der Waals surface area contributed by atoms with Gasteiger partial charge in [0.1, 0.15) is 6.07 Å². The first kappa shape index (κ1) is 15.6. The number of nitrogens with zero attached hydrogens (tertiary/aromatic N) is 2. The summed E-state index contributed by atoms with van der Waals surface area (Å²) in [6.45, 7) is 2.53. The predicted molar refractivity (Wildman–Crippen MR) is 81.6 cm³/mol. The van der Waals surface area contributed by atoms with Gasteiger partial charge in [-0.25, -0.2) is 0 Å². The molecule has 0 radical (unpaired) electrons. The maximum Gasteiger partial charge on any atom is 0.317 e. The molecule has 5 nitrogen and oxygen atoms in total. The van der Waals surface area contributed by atoms with Crippen LogP contribution in [0.15, 0.2) is 18.2 Å². The normalized spacial score (nSPS) is 18.3. The lowest BCUT2D eigenvalue weighted by molar-refractivity contribution is -0.136. The number of benzene rings is 1. The fourth-order valence-corrected chi connectivity index (χ4v) is 2.86. The van der Waals surface area contributed by atoms with E-state index in [0.29, 0.717) is 23.0 Å². The van der Waals surface area contributed by atoms with Crippen molar-refractivity contribution in [1.29, 1.82) is 5.26 Å². The van der Waals surface area contributed by atoms with Crippen molar-refractivity contribution >= 4 is 23.3 Å². The molecule has 2 rings (SSSR count). The van der Waals surface area contributed by atoms with Gasteiger partial charge < -0.3 is 15.3 Å². The van der Waals surface area contributed by atoms with Gasteiger partial charge in [0, 0.05) is 25.3 Å². The molecule has 1 aromatic rings. The minimum absolute atomic E-state index is 0.000799. The van der Waals surface area contributed by atoms with Crippen molar-refractivity contribution in [3.05, 3.63) is 28.8 Å². The molecule has 1 atom stereocenters. The fraction of sp³-hybridized carbons (Fsp3) is 0.467. The van der Waals surface area contributed by atoms with Crippen molar-refractivity contribution in [2.24, 2.45) is 5.92 Å². The standard InChI is InChI=1S/C15H18ClN3O2/c16-14-6-13(4-3-12(14)7-17)19-5-1-2-11(10-19)8-18-9-15(20)21/h3-4,6,11,18H,1-2,5,8-10H2,(H,20,21). The van der Waals surface area contributed by atoms with Gasteiger partial charge in [0.15, 0.2) is 0 Å². The molecule has 0 amide bonds. The average Bonchev–Trinajstić information content (AvgIpc) is 2.47. The molecular weight excluding hydrogens is 290 g/mol. The zero-order valence-electron chi connectivity index (χ0n) is 11.7. The molecule has 1 heterocycles. The molecule has 1 aliphatic rings. The van der Waals surface area contributed by atoms with Crippen molar-refractivity contribution in [1.82, 2.24) is 5.32 Å². The van der Waals surface area contributed by atoms with E-state index >= 15 is 0 Å². The highest BCUT2D eigenvalue weighted by Crippen LogP contribution is 2.27. The Morgan fingerprint density at radius 3 is 3.05 bits per heavy atom. The highest BCUT2D eigenvalue weighted by Gasteiger charge is 2.20. The van der Waals surface area contributed by atoms with Crippen LogP contribution < -0.4 is 10.2 Å². The zero-order valence-corrected chi connectivity index (χ0v) is 12.4. The minimum atomic E-state index is -0.832. The van der Waals surface area contributed by atoms with Crippen molar-refractivity contribution in [3.63, 3.8) is 0 Å². The summed E-state index contributed by atoms with van der Waals surface area (Å²) < 4.78 is 0. The van der Waals surface area contributed by atoms with Crippen molar-refractivity contribution in [2.45, 2.75) is 12.8 Å². The fourth-order valence-electron chi connectivity index (χ4n) is 2.64. The second kappa shape index (κ2) is 7.30. The summed E-state index contributed by atoms with van der Waals surface area (Å²) in [7, 11) is 0. The van der Waals surface area contributed by atoms with Crippen LogP contribution in [0.4, 0.5) is 5.69 Å². The lowest BCUT2D eigenvalue weighted by Crippen LogP contribution is -2.40. The summed E-state index contributed by atoms with van der Waals surface area (Å²) in [6.07, 6.45) is 2.16. The zero-order chi connectivity index (χ0) is 15.2. The SMILES string of the molecule is N#Cc1ccc(N2CCCC(CNCC(=O)O)C2)cc1Cl. The predicted octanol–water partition coefficient (Wildman–Crippen LogP) is 2.10. The number of anilines is 1. The summed E-state index contributed by atoms with van der Waals surface area (Å²) in [5, 5.41) is 21.0. The van der Waals surface area contributed by atoms with Gasteiger partial charge in [0.05, 0.1) is 17.1 Å². The second-order valence-corrected chi connectivity index (χ2v) is 5.66. The maximum atomic E-state index is 10.5. The van der Waals surface area contributed by atoms with E-state index < -0.39 is 5.97 Å². The average molecular weight is 308 g/mol. The molecular formula is C15H18ClN3O2. The second-order valence-electron chi connectivity index (χ2n) is 5.25. The summed E-state index contributed by atoms with van der Waals surface area (Å²) >= 11 is 6.08. The number of carbonyl (C=O) groups is 1. The Labute approximate surface area is 129 Å². The number of hydrogen-bond acceptors (Lipinski definition) is 4. The number of nitrogens with one attached hydrogen (secondary N) is 1. The van der Waals surface area contributed by atoms with Crippen LogP contribution in [0, 0.1) is 17.2 Å². The number of hydrogen-bond donors (Lipinski definition) is 2. The van der Waals surface area contributed by atoms with E-state index in [1.165, 1.54) is 0 Å². The summed E-state index contributed by atoms with van der Waals surface area (Å²) in [5.41, 5.74) is 1.50. The Balaban J connectivity index is 1.96. The van der Waals surface area contributed by atoms with Gasteiger partial charge in [-0.15, -0.1) is 0 Å². The molecule has 6 heteroatoms. The van der Waals surface area contributed by atoms with E-state index in [9.17, 15) is 4.79 Å². The van der Waals surface area contributed by atoms with Gasteiger partial charge >= 0.3 is 5.97 Å². The Bertz CT molecular complexity index is 556. The van der Waals surface area contributed by atoms with Crippen molar-refractivity contribution < 1.29 is 9.90 Å². The van der Waals surface area contributed by atoms with E-state index in [4.69, 9.17) is 22.0 Å². The Morgan fingerprint density at radius 2 is 2.38 bits per heavy atom. The third kappa shape index (κ3) is 4.35. The van der Waals surface area contributed by atoms with Crippen LogP contribution in [0.3, 0.4) is 0 Å². The lowest BCUT2D eigenvalue weighted by atomic mass is 9.97. The third-order valence-electron chi connectivity index (χ3n) is 3.67. The number of carboxylic acids is 1. The molecule has 1 aromatic carbocycles. The van der Waals surface area contributed by atoms with Crippen LogP contribution in [0.2, 0.25) is 5.02 Å². The quantitative estimate of drug-likeness (QED) is 0.871. The van der Waals surface area contributed by atoms with Gasteiger partial charge in [0.25, 0.3) is 0 Å². The molecule has 1 saturated heterocycles. The number of halogens is 1. The highest BCUT2D eigenvalue weighted by atomic mass is 35.5. The van der Waals surface area contributed by atoms with E-state index in [1.54, 1.807) is 6.07 Å². The molecule has 2 N–H and O–H groups in total. The number of rotatable bonds is 5. The molecule has 0 aromatic heterocycles. The van der Waals surface area contributed by atoms with E-state index in [0.717, 1.165) is 31.6 Å². The Hall–Kier alpha value is -1.77. The number of nitriles is 1. The molecule has 0 spiro atoms. The molecule has 1 unspecified atom stereocenters. The number of piperidine rings is 1. The van der Waals surface area contributed by atoms with Crippen molar-refractivity contribution in [2.75, 3.05) is 31.1 Å². The van der Waals surface area contributed by atoms with Crippen molar-refractivity contribution in [3.8, 4) is 6.07 Å². The molecule has 112 valence electrons. The summed E-state index contributed by atoms with van der Waals surface area (Å²) in [5.74, 6) is -0.408. The summed E-state index contributed by atoms with van der Waals surface area (Å²) in [6, 6.07) is 7.54. The largest absolute Gasteiger partial charge is 0.480 e. The van der Waals surface area contributed by atoms with Crippen LogP contribution in [0.5, 0.6) is 0 Å². The lowest BCUT2D eigenvalue weighted by Gasteiger charge is -2.34. The highest BCUT2D eigenvalue weighted by molar-refractivity contribution is 6.32. The molecule has 0 bridgehead atoms. The number of carboxylic acid groups (broad SMARTS) is 1. The first-order valence-corrected chi connectivity index (χ1v) is 7.35. The van der Waals surface area contributed by atoms with Crippen LogP contribution in [-0.2, 0) is 4.79 Å². The molecule has 0 saturated carbocycles. The molecule has 1 fully saturated rings. The van der Waals surface area contributed by atoms with E-state index in [1.807, 2.05) is 12.1 Å². The molecule has 1 aliphatic heterocycles. The number of aliphatic carboxylic acids is 1. The van der Waals surface area contributed by atoms with E-state index in [2.05, 4.69) is 16.3 Å². The van der Waals surface area contributed by atoms with Crippen LogP contribution in [0.25, 0.3) is 0 Å². The van der Waals surface area contributed by atoms with Crippen LogP contribution >= 0.6 is 11.6 Å². The van der Waals surface area contributed by atoms with Crippen LogP contribution in [0.1, 0.15) is 18.4 Å². The van der Waals surface area contributed by atoms with Gasteiger partial charge in [-0.2, -0.15) is 5.26 Å². The van der Waals surface area contributed by atoms with Gasteiger partial charge in [-0.1, -0.05) is 11.6 Å². The maximum absolute atomic E-state index is 10.5. The van der Waals surface area contributed by atoms with Gasteiger partial charge in [0.2, 0.25) is 0 Å². The molecule has 0 aliphatic carbocycles. The first-order valence-electron chi connectivity index (χ1n) is 6.97. The smallest absolute Gasteiger partial charge is 0.317 e. The van der Waals surface area contributed by atoms with E-state index in [-0.39, 0.29) is 6.54 Å². The van der Waals surface area contributed by atoms with Gasteiger partial charge in [-0.05, 0) is 37.0 Å². The first-order chi connectivity index (χ1) is 10.1. The molecule has 21 heavy (non-hydrogen) atoms. The summed E-state index contributed by atoms with van der Waals surface area (Å²) in [4.78, 5) is 12.8. The van der Waals surface area contributed by atoms with Gasteiger partial charge in [-0.3, -0.25) is 4.79 Å². The van der Waals surface area contributed by atoms with Crippen LogP contribution in [-0.4, -0.2) is 37.3 Å². The topological polar surface area (TPSA) is 76.4 Å². The monoisotopic (exact) mass is 307 g/mol. The Kier molecular flexibility index (Phi) is 5.43. The minimum Gasteiger partial charge on any atom is -0.480 e. The third-order valence-corrected chi connectivity index (χ3v) is 3.98. The Morgan fingerprint density at radius 1 is 1.57 bits per heavy atom.